The summed E-state index contributed by atoms with van der Waals surface area (Å²) in [4.78, 5) is 31.3. The zero-order chi connectivity index (χ0) is 23.0. The second kappa shape index (κ2) is 11.0. The minimum atomic E-state index is -0.130. The smallest absolute Gasteiger partial charge is 0.321 e. The third kappa shape index (κ3) is 5.96. The molecule has 2 aromatic carbocycles. The highest BCUT2D eigenvalue weighted by atomic mass is 16.5. The summed E-state index contributed by atoms with van der Waals surface area (Å²) < 4.78 is 5.29. The van der Waals surface area contributed by atoms with E-state index in [0.717, 1.165) is 24.5 Å². The second-order valence-corrected chi connectivity index (χ2v) is 8.49. The molecule has 8 nitrogen and oxygen atoms in total. The van der Waals surface area contributed by atoms with Gasteiger partial charge in [0.1, 0.15) is 5.75 Å². The lowest BCUT2D eigenvalue weighted by molar-refractivity contribution is 0.146. The Morgan fingerprint density at radius 2 is 1.45 bits per heavy atom. The number of nitrogens with zero attached hydrogens (tertiary/aromatic N) is 3. The van der Waals surface area contributed by atoms with Crippen molar-refractivity contribution in [3.63, 3.8) is 0 Å². The molecule has 4 amide bonds. The fourth-order valence-electron chi connectivity index (χ4n) is 4.47. The minimum absolute atomic E-state index is 0.0733. The fourth-order valence-corrected chi connectivity index (χ4v) is 4.47. The van der Waals surface area contributed by atoms with Gasteiger partial charge in [-0.2, -0.15) is 0 Å². The molecule has 2 fully saturated rings. The molecule has 33 heavy (non-hydrogen) atoms. The zero-order valence-electron chi connectivity index (χ0n) is 19.2. The van der Waals surface area contributed by atoms with Gasteiger partial charge in [0.15, 0.2) is 0 Å². The lowest BCUT2D eigenvalue weighted by Gasteiger charge is -2.35. The maximum atomic E-state index is 12.9. The number of ether oxygens (including phenoxy) is 1. The van der Waals surface area contributed by atoms with Crippen LogP contribution in [0, 0.1) is 0 Å². The van der Waals surface area contributed by atoms with Crippen molar-refractivity contribution >= 4 is 17.7 Å². The Morgan fingerprint density at radius 3 is 2.06 bits per heavy atom. The Balaban J connectivity index is 1.28. The van der Waals surface area contributed by atoms with Crippen LogP contribution in [-0.4, -0.2) is 79.7 Å². The summed E-state index contributed by atoms with van der Waals surface area (Å²) in [6, 6.07) is 17.5. The van der Waals surface area contributed by atoms with Gasteiger partial charge in [0, 0.05) is 38.4 Å². The van der Waals surface area contributed by atoms with Crippen LogP contribution in [0.4, 0.5) is 15.3 Å². The molecule has 0 aromatic heterocycles. The van der Waals surface area contributed by atoms with Gasteiger partial charge in [0.2, 0.25) is 0 Å². The van der Waals surface area contributed by atoms with Crippen LogP contribution in [0.2, 0.25) is 0 Å². The first kappa shape index (κ1) is 22.9. The Morgan fingerprint density at radius 1 is 0.848 bits per heavy atom. The Kier molecular flexibility index (Phi) is 7.67. The lowest BCUT2D eigenvalue weighted by atomic mass is 10.1. The molecular weight excluding hydrogens is 418 g/mol. The van der Waals surface area contributed by atoms with Crippen LogP contribution in [0.3, 0.4) is 0 Å². The minimum Gasteiger partial charge on any atom is -0.497 e. The molecule has 2 aliphatic heterocycles. The number of para-hydroxylation sites is 1. The van der Waals surface area contributed by atoms with Gasteiger partial charge in [0.25, 0.3) is 0 Å². The lowest BCUT2D eigenvalue weighted by Crippen LogP contribution is -2.54. The number of carbonyl (C=O) groups is 2. The molecule has 0 aliphatic carbocycles. The molecule has 2 N–H and O–H groups in total. The summed E-state index contributed by atoms with van der Waals surface area (Å²) in [5.41, 5.74) is 1.95. The Bertz CT molecular complexity index is 907. The van der Waals surface area contributed by atoms with E-state index in [1.54, 1.807) is 16.9 Å². The SMILES string of the molecule is COc1ccc(C(CNC(=O)N2CCN(C(=O)Nc3ccccc3)CC2)N2CCCC2)cc1. The Labute approximate surface area is 195 Å². The highest BCUT2D eigenvalue weighted by Crippen LogP contribution is 2.26. The molecule has 2 saturated heterocycles. The summed E-state index contributed by atoms with van der Waals surface area (Å²) >= 11 is 0. The first-order valence-corrected chi connectivity index (χ1v) is 11.7. The Hall–Kier alpha value is -3.26. The van der Waals surface area contributed by atoms with E-state index in [2.05, 4.69) is 27.7 Å². The summed E-state index contributed by atoms with van der Waals surface area (Å²) in [5.74, 6) is 0.831. The van der Waals surface area contributed by atoms with Gasteiger partial charge in [-0.25, -0.2) is 9.59 Å². The number of likely N-dealkylation sites (tertiary alicyclic amines) is 1. The number of amides is 4. The largest absolute Gasteiger partial charge is 0.497 e. The number of urea groups is 2. The van der Waals surface area contributed by atoms with Crippen molar-refractivity contribution in [2.75, 3.05) is 58.2 Å². The van der Waals surface area contributed by atoms with Crippen LogP contribution < -0.4 is 15.4 Å². The average Bonchev–Trinajstić information content (AvgIpc) is 3.40. The number of hydrogen-bond donors (Lipinski definition) is 2. The molecule has 2 aliphatic rings. The van der Waals surface area contributed by atoms with Crippen molar-refractivity contribution in [1.29, 1.82) is 0 Å². The molecule has 2 aromatic rings. The standard InChI is InChI=1S/C25H33N5O3/c1-33-22-11-9-20(10-12-22)23(28-13-5-6-14-28)19-26-24(31)29-15-17-30(18-16-29)25(32)27-21-7-3-2-4-8-21/h2-4,7-12,23H,5-6,13-19H2,1H3,(H,26,31)(H,27,32). The highest BCUT2D eigenvalue weighted by molar-refractivity contribution is 5.89. The van der Waals surface area contributed by atoms with Gasteiger partial charge < -0.3 is 25.2 Å². The van der Waals surface area contributed by atoms with Crippen molar-refractivity contribution in [3.05, 3.63) is 60.2 Å². The number of hydrogen-bond acceptors (Lipinski definition) is 4. The fraction of sp³-hybridized carbons (Fsp3) is 0.440. The molecule has 4 rings (SSSR count). The first-order valence-electron chi connectivity index (χ1n) is 11.7. The van der Waals surface area contributed by atoms with Gasteiger partial charge in [-0.3, -0.25) is 4.90 Å². The number of carbonyl (C=O) groups excluding carboxylic acids is 2. The molecule has 8 heteroatoms. The van der Waals surface area contributed by atoms with Gasteiger partial charge in [-0.15, -0.1) is 0 Å². The molecule has 0 bridgehead atoms. The van der Waals surface area contributed by atoms with Crippen LogP contribution in [0.1, 0.15) is 24.4 Å². The van der Waals surface area contributed by atoms with E-state index in [0.29, 0.717) is 32.7 Å². The predicted octanol–water partition coefficient (Wildman–Crippen LogP) is 3.39. The third-order valence-electron chi connectivity index (χ3n) is 6.41. The molecule has 0 saturated carbocycles. The predicted molar refractivity (Wildman–Crippen MR) is 129 cm³/mol. The van der Waals surface area contributed by atoms with Crippen LogP contribution in [0.5, 0.6) is 5.75 Å². The first-order chi connectivity index (χ1) is 16.1. The topological polar surface area (TPSA) is 77.1 Å². The summed E-state index contributed by atoms with van der Waals surface area (Å²) in [6.45, 7) is 4.71. The molecule has 1 unspecified atom stereocenters. The normalized spacial score (nSPS) is 17.5. The van der Waals surface area contributed by atoms with E-state index in [1.165, 1.54) is 18.4 Å². The molecule has 1 atom stereocenters. The van der Waals surface area contributed by atoms with Crippen molar-refractivity contribution in [3.8, 4) is 5.75 Å². The van der Waals surface area contributed by atoms with Gasteiger partial charge in [0.05, 0.1) is 13.2 Å². The van der Waals surface area contributed by atoms with Crippen LogP contribution in [-0.2, 0) is 0 Å². The van der Waals surface area contributed by atoms with E-state index in [-0.39, 0.29) is 18.1 Å². The summed E-state index contributed by atoms with van der Waals surface area (Å²) in [5, 5.41) is 6.04. The van der Waals surface area contributed by atoms with Crippen molar-refractivity contribution < 1.29 is 14.3 Å². The number of anilines is 1. The monoisotopic (exact) mass is 451 g/mol. The van der Waals surface area contributed by atoms with E-state index in [4.69, 9.17) is 4.74 Å². The number of benzene rings is 2. The van der Waals surface area contributed by atoms with Crippen LogP contribution in [0.15, 0.2) is 54.6 Å². The average molecular weight is 452 g/mol. The van der Waals surface area contributed by atoms with E-state index in [1.807, 2.05) is 42.5 Å². The third-order valence-corrected chi connectivity index (χ3v) is 6.41. The maximum Gasteiger partial charge on any atom is 0.321 e. The number of nitrogens with one attached hydrogen (secondary N) is 2. The van der Waals surface area contributed by atoms with E-state index >= 15 is 0 Å². The van der Waals surface area contributed by atoms with E-state index < -0.39 is 0 Å². The van der Waals surface area contributed by atoms with Gasteiger partial charge in [-0.1, -0.05) is 30.3 Å². The highest BCUT2D eigenvalue weighted by Gasteiger charge is 2.27. The number of methoxy groups -OCH3 is 1. The number of rotatable bonds is 6. The molecule has 0 radical (unpaired) electrons. The summed E-state index contributed by atoms with van der Waals surface area (Å²) in [7, 11) is 1.66. The molecule has 176 valence electrons. The van der Waals surface area contributed by atoms with Crippen molar-refractivity contribution in [1.82, 2.24) is 20.0 Å². The second-order valence-electron chi connectivity index (χ2n) is 8.49. The summed E-state index contributed by atoms with van der Waals surface area (Å²) in [6.07, 6.45) is 2.38. The molecule has 2 heterocycles. The molecular formula is C25H33N5O3. The zero-order valence-corrected chi connectivity index (χ0v) is 19.2. The van der Waals surface area contributed by atoms with Crippen LogP contribution in [0.25, 0.3) is 0 Å². The van der Waals surface area contributed by atoms with Gasteiger partial charge >= 0.3 is 12.1 Å². The van der Waals surface area contributed by atoms with Crippen LogP contribution >= 0.6 is 0 Å². The maximum absolute atomic E-state index is 12.9. The quantitative estimate of drug-likeness (QED) is 0.706. The van der Waals surface area contributed by atoms with Crippen molar-refractivity contribution in [2.45, 2.75) is 18.9 Å². The number of piperazine rings is 1. The van der Waals surface area contributed by atoms with Gasteiger partial charge in [-0.05, 0) is 55.8 Å². The molecule has 0 spiro atoms. The van der Waals surface area contributed by atoms with Crippen molar-refractivity contribution in [2.24, 2.45) is 0 Å². The van der Waals surface area contributed by atoms with E-state index in [9.17, 15) is 9.59 Å².